The molecule has 12 fully saturated rings. The number of aromatic nitrogens is 8. The van der Waals surface area contributed by atoms with E-state index in [1.165, 1.54) is 138 Å². The summed E-state index contributed by atoms with van der Waals surface area (Å²) in [6, 6.07) is 39.6. The van der Waals surface area contributed by atoms with Gasteiger partial charge in [0.25, 0.3) is 0 Å². The fourth-order valence-corrected chi connectivity index (χ4v) is 19.1. The van der Waals surface area contributed by atoms with Gasteiger partial charge in [0.1, 0.15) is 23.2 Å². The van der Waals surface area contributed by atoms with E-state index in [2.05, 4.69) is 115 Å². The number of hydrogen-bond donors (Lipinski definition) is 10. The van der Waals surface area contributed by atoms with Crippen molar-refractivity contribution in [2.45, 2.75) is 273 Å². The zero-order chi connectivity index (χ0) is 79.7. The molecule has 24 nitrogen and oxygen atoms in total. The zero-order valence-corrected chi connectivity index (χ0v) is 68.5. The van der Waals surface area contributed by atoms with Crippen LogP contribution in [-0.4, -0.2) is 141 Å². The van der Waals surface area contributed by atoms with E-state index in [1.54, 1.807) is 12.4 Å². The molecule has 116 heavy (non-hydrogen) atoms. The van der Waals surface area contributed by atoms with Gasteiger partial charge in [-0.15, -0.1) is 0 Å². The van der Waals surface area contributed by atoms with Crippen LogP contribution < -0.4 is 48.1 Å². The first-order valence-corrected chi connectivity index (χ1v) is 44.3. The molecule has 0 atom stereocenters. The van der Waals surface area contributed by atoms with Gasteiger partial charge in [-0.1, -0.05) is 105 Å². The number of carbonyl (C=O) groups is 3. The Labute approximate surface area is 686 Å². The third kappa shape index (κ3) is 25.1. The number of anilines is 6. The number of hydrogen-bond acceptors (Lipinski definition) is 20. The number of carbonyl (C=O) groups excluding carboxylic acids is 3. The van der Waals surface area contributed by atoms with Gasteiger partial charge in [0.15, 0.2) is 11.6 Å². The number of aromatic amines is 2. The Balaban J connectivity index is 0.000000126. The fraction of sp³-hybridized carbons (Fsp3) is 0.620. The SMILES string of the molecule is NC1CCC2(CC1)COC2.NCc1ccccc1.O=C(CC1CCC(Nc2nccc(Nc3cc(C4CCCC4)[nH]n3)n2)CC1)Oc1ccccc1.O=C(NC1CCC(Nc2nccc(Nc3cc(C4CCCC4)[nH]n3)n2)CC1)NC1CCC2(CC1)COC2.O=C1CCC2(CC1)COC2.c1ccc(CCC2CCC3(CC2)COC3)cc1. The molecule has 24 heteroatoms. The number of esters is 1. The highest BCUT2D eigenvalue weighted by Gasteiger charge is 2.45. The Morgan fingerprint density at radius 2 is 0.871 bits per heavy atom. The largest absolute Gasteiger partial charge is 0.427 e. The number of urea groups is 1. The van der Waals surface area contributed by atoms with Crippen LogP contribution in [0.3, 0.4) is 0 Å². The minimum absolute atomic E-state index is 0.0150. The van der Waals surface area contributed by atoms with Gasteiger partial charge in [0.2, 0.25) is 11.9 Å². The maximum absolute atomic E-state index is 12.6. The van der Waals surface area contributed by atoms with Crippen molar-refractivity contribution in [2.75, 3.05) is 74.1 Å². The van der Waals surface area contributed by atoms with Crippen molar-refractivity contribution in [3.05, 3.63) is 150 Å². The lowest BCUT2D eigenvalue weighted by Gasteiger charge is -2.46. The predicted molar refractivity (Wildman–Crippen MR) is 454 cm³/mol. The van der Waals surface area contributed by atoms with E-state index < -0.39 is 0 Å². The third-order valence-electron chi connectivity index (χ3n) is 27.1. The van der Waals surface area contributed by atoms with Crippen LogP contribution >= 0.6 is 0 Å². The second-order valence-electron chi connectivity index (χ2n) is 36.1. The van der Waals surface area contributed by atoms with Gasteiger partial charge in [-0.3, -0.25) is 19.8 Å². The highest BCUT2D eigenvalue weighted by Crippen LogP contribution is 2.47. The number of ketones is 1. The van der Waals surface area contributed by atoms with E-state index in [4.69, 9.17) is 35.2 Å². The van der Waals surface area contributed by atoms with E-state index in [1.807, 2.05) is 72.8 Å². The van der Waals surface area contributed by atoms with E-state index >= 15 is 0 Å². The molecule has 2 amide bonds. The van der Waals surface area contributed by atoms with Gasteiger partial charge in [0, 0.05) is 125 Å². The lowest BCUT2D eigenvalue weighted by atomic mass is 9.68. The maximum Gasteiger partial charge on any atom is 0.315 e. The fourth-order valence-electron chi connectivity index (χ4n) is 19.1. The quantitative estimate of drug-likeness (QED) is 0.0266. The van der Waals surface area contributed by atoms with Crippen molar-refractivity contribution < 1.29 is 38.1 Å². The summed E-state index contributed by atoms with van der Waals surface area (Å²) in [6.45, 7) is 8.33. The highest BCUT2D eigenvalue weighted by molar-refractivity contribution is 5.79. The number of aryl methyl sites for hydroxylation is 1. The summed E-state index contributed by atoms with van der Waals surface area (Å²) in [5, 5.41) is 35.1. The number of rotatable bonds is 19. The number of benzene rings is 3. The van der Waals surface area contributed by atoms with Gasteiger partial charge in [0.05, 0.1) is 52.9 Å². The summed E-state index contributed by atoms with van der Waals surface area (Å²) >= 11 is 0. The van der Waals surface area contributed by atoms with Crippen molar-refractivity contribution >= 4 is 53.0 Å². The predicted octanol–water partition coefficient (Wildman–Crippen LogP) is 17.2. The average Bonchev–Trinajstić information content (AvgIpc) is 1.08. The summed E-state index contributed by atoms with van der Waals surface area (Å²) in [6.07, 6.45) is 43.4. The maximum atomic E-state index is 12.6. The summed E-state index contributed by atoms with van der Waals surface area (Å²) in [7, 11) is 0. The van der Waals surface area contributed by atoms with Crippen molar-refractivity contribution in [1.29, 1.82) is 0 Å². The molecule has 4 aliphatic heterocycles. The van der Waals surface area contributed by atoms with Gasteiger partial charge in [-0.05, 0) is 227 Å². The highest BCUT2D eigenvalue weighted by atomic mass is 16.5. The zero-order valence-electron chi connectivity index (χ0n) is 68.5. The summed E-state index contributed by atoms with van der Waals surface area (Å²) in [5.74, 6) is 7.68. The first-order valence-electron chi connectivity index (χ1n) is 44.3. The molecule has 626 valence electrons. The molecule has 4 spiro atoms. The molecule has 12 N–H and O–H groups in total. The normalized spacial score (nSPS) is 24.7. The van der Waals surface area contributed by atoms with E-state index in [0.29, 0.717) is 93.9 Å². The number of Topliss-reactive ketones (excluding diaryl/α,β-unsaturated/α-hetero) is 1. The number of nitrogens with zero attached hydrogens (tertiary/aromatic N) is 6. The molecule has 0 bridgehead atoms. The van der Waals surface area contributed by atoms with Crippen LogP contribution in [0, 0.1) is 33.5 Å². The van der Waals surface area contributed by atoms with Crippen LogP contribution in [0.2, 0.25) is 0 Å². The minimum Gasteiger partial charge on any atom is -0.427 e. The Kier molecular flexibility index (Phi) is 30.3. The molecule has 0 radical (unpaired) electrons. The molecule has 0 unspecified atom stereocenters. The Bertz CT molecular complexity index is 4060. The second kappa shape index (κ2) is 41.8. The molecule has 19 rings (SSSR count). The van der Waals surface area contributed by atoms with Crippen LogP contribution in [0.15, 0.2) is 128 Å². The van der Waals surface area contributed by atoms with E-state index in [9.17, 15) is 14.4 Å². The summed E-state index contributed by atoms with van der Waals surface area (Å²) in [5.41, 5.74) is 18.3. The molecule has 4 aromatic heterocycles. The lowest BCUT2D eigenvalue weighted by molar-refractivity contribution is -0.145. The molecule has 8 saturated carbocycles. The Morgan fingerprint density at radius 1 is 0.457 bits per heavy atom. The van der Waals surface area contributed by atoms with Gasteiger partial charge < -0.3 is 67.1 Å². The molecule has 4 saturated heterocycles. The van der Waals surface area contributed by atoms with Crippen LogP contribution in [0.5, 0.6) is 5.75 Å². The van der Waals surface area contributed by atoms with Gasteiger partial charge in [-0.2, -0.15) is 20.2 Å². The number of para-hydroxylation sites is 1. The molecule has 12 aliphatic rings. The van der Waals surface area contributed by atoms with Crippen molar-refractivity contribution in [3.63, 3.8) is 0 Å². The third-order valence-corrected chi connectivity index (χ3v) is 27.1. The smallest absolute Gasteiger partial charge is 0.315 e. The van der Waals surface area contributed by atoms with Crippen molar-refractivity contribution in [1.82, 2.24) is 51.0 Å². The summed E-state index contributed by atoms with van der Waals surface area (Å²) < 4.78 is 26.6. The molecular formula is C92H130N16O8. The molecule has 8 heterocycles. The number of amides is 2. The molecule has 8 aliphatic carbocycles. The molecular weight excluding hydrogens is 1460 g/mol. The first kappa shape index (κ1) is 84.1. The summed E-state index contributed by atoms with van der Waals surface area (Å²) in [4.78, 5) is 53.7. The minimum atomic E-state index is -0.154. The number of ether oxygens (including phenoxy) is 5. The number of H-pyrrole nitrogens is 2. The van der Waals surface area contributed by atoms with Crippen LogP contribution in [0.4, 0.5) is 40.0 Å². The first-order chi connectivity index (χ1) is 56.7. The Hall–Kier alpha value is -8.39. The average molecular weight is 1590 g/mol. The monoisotopic (exact) mass is 1590 g/mol. The van der Waals surface area contributed by atoms with Crippen molar-refractivity contribution in [2.24, 2.45) is 45.0 Å². The van der Waals surface area contributed by atoms with Crippen LogP contribution in [0.25, 0.3) is 0 Å². The van der Waals surface area contributed by atoms with Gasteiger partial charge in [-0.25, -0.2) is 14.8 Å². The van der Waals surface area contributed by atoms with Crippen LogP contribution in [-0.2, 0) is 41.5 Å². The Morgan fingerprint density at radius 3 is 1.32 bits per heavy atom. The number of nitrogens with one attached hydrogen (secondary N) is 8. The van der Waals surface area contributed by atoms with E-state index in [0.717, 1.165) is 185 Å². The van der Waals surface area contributed by atoms with Gasteiger partial charge >= 0.3 is 12.0 Å². The van der Waals surface area contributed by atoms with E-state index in [-0.39, 0.29) is 24.1 Å². The topological polar surface area (TPSA) is 330 Å². The van der Waals surface area contributed by atoms with Crippen LogP contribution in [0.1, 0.15) is 253 Å². The molecule has 3 aromatic carbocycles. The lowest BCUT2D eigenvalue weighted by Crippen LogP contribution is -2.52. The second-order valence-corrected chi connectivity index (χ2v) is 36.1. The number of nitrogens with two attached hydrogens (primary N) is 2. The standard InChI is InChI=1S/C27H40N8O2.C26H32N6O2.C16H22O.C8H15NO.C8H12O2.C7H9N/c36-26(31-21-9-12-27(13-10-21)16-37-17-27)30-20-7-5-19(6-8-20)29-25-28-14-11-23(33-25)32-24-15-22(34-35-24)18-3-1-2-4-18;33-25(34-21-8-2-1-3-9-21)16-18-10-12-20(13-11-18)28-26-27-15-14-23(30-26)29-24-17-22(31-32-24)19-6-4-5-7-19;1-2-4-14(5-3-1)6-7-15-8-10-16(11-9-15)12-17-13-16;2*9-7-1-3-8(4-2-7)5-10-6-8;8-6-7-4-2-1-3-5-7/h11,14-15,18-21H,1-10,12-13,16-17H2,(H2,30,31,36)(H3,28,29,32,33,34,35);1-3,8-9,14-15,17-20H,4-7,10-13,16H2,(H3,27,28,29,30,31,32);1-5,15H,6-13H2;7H,1-6,9H2;1-6H2;1-5H,6,8H2. The van der Waals surface area contributed by atoms with Crippen molar-refractivity contribution in [3.8, 4) is 5.75 Å². The molecule has 7 aromatic rings.